The Morgan fingerprint density at radius 1 is 0.947 bits per heavy atom. The summed E-state index contributed by atoms with van der Waals surface area (Å²) >= 11 is 0. The van der Waals surface area contributed by atoms with Crippen LogP contribution in [0.25, 0.3) is 6.08 Å². The SMILES string of the molecule is O=C(NCC/C=C/c1ccccc1)c1ccccc1. The molecule has 1 amide bonds. The summed E-state index contributed by atoms with van der Waals surface area (Å²) in [6.45, 7) is 0.650. The normalized spacial score (nSPS) is 10.5. The van der Waals surface area contributed by atoms with Gasteiger partial charge in [0.15, 0.2) is 0 Å². The van der Waals surface area contributed by atoms with E-state index < -0.39 is 0 Å². The minimum absolute atomic E-state index is 0.0197. The largest absolute Gasteiger partial charge is 0.352 e. The summed E-state index contributed by atoms with van der Waals surface area (Å²) in [5.74, 6) is -0.0197. The van der Waals surface area contributed by atoms with Crippen molar-refractivity contribution in [1.29, 1.82) is 0 Å². The van der Waals surface area contributed by atoms with E-state index in [9.17, 15) is 4.79 Å². The van der Waals surface area contributed by atoms with Gasteiger partial charge in [-0.15, -0.1) is 0 Å². The first-order valence-corrected chi connectivity index (χ1v) is 6.41. The van der Waals surface area contributed by atoms with Crippen LogP contribution >= 0.6 is 0 Å². The summed E-state index contributed by atoms with van der Waals surface area (Å²) in [5, 5.41) is 2.90. The molecule has 0 saturated carbocycles. The van der Waals surface area contributed by atoms with Gasteiger partial charge in [-0.1, -0.05) is 60.7 Å². The molecule has 0 aromatic heterocycles. The van der Waals surface area contributed by atoms with E-state index in [0.717, 1.165) is 6.42 Å². The van der Waals surface area contributed by atoms with Gasteiger partial charge in [-0.2, -0.15) is 0 Å². The number of rotatable bonds is 5. The second-order valence-electron chi connectivity index (χ2n) is 4.22. The zero-order chi connectivity index (χ0) is 13.3. The van der Waals surface area contributed by atoms with Crippen molar-refractivity contribution in [2.45, 2.75) is 6.42 Å². The summed E-state index contributed by atoms with van der Waals surface area (Å²) in [5.41, 5.74) is 1.88. The van der Waals surface area contributed by atoms with Crippen LogP contribution in [0.3, 0.4) is 0 Å². The van der Waals surface area contributed by atoms with Gasteiger partial charge in [-0.05, 0) is 24.1 Å². The van der Waals surface area contributed by atoms with E-state index in [1.807, 2.05) is 48.5 Å². The van der Waals surface area contributed by atoms with Gasteiger partial charge in [0.25, 0.3) is 5.91 Å². The van der Waals surface area contributed by atoms with Gasteiger partial charge < -0.3 is 5.32 Å². The van der Waals surface area contributed by atoms with E-state index in [0.29, 0.717) is 12.1 Å². The van der Waals surface area contributed by atoms with E-state index in [2.05, 4.69) is 29.6 Å². The second kappa shape index (κ2) is 7.17. The van der Waals surface area contributed by atoms with Crippen molar-refractivity contribution < 1.29 is 4.79 Å². The second-order valence-corrected chi connectivity index (χ2v) is 4.22. The summed E-state index contributed by atoms with van der Waals surface area (Å²) in [6, 6.07) is 19.4. The Hall–Kier alpha value is -2.35. The Balaban J connectivity index is 1.73. The average Bonchev–Trinajstić information content (AvgIpc) is 2.49. The van der Waals surface area contributed by atoms with Crippen molar-refractivity contribution in [3.05, 3.63) is 77.9 Å². The van der Waals surface area contributed by atoms with Crippen LogP contribution in [0.1, 0.15) is 22.3 Å². The van der Waals surface area contributed by atoms with Crippen molar-refractivity contribution in [2.24, 2.45) is 0 Å². The lowest BCUT2D eigenvalue weighted by molar-refractivity contribution is 0.0954. The van der Waals surface area contributed by atoms with Gasteiger partial charge in [-0.25, -0.2) is 0 Å². The molecule has 1 N–H and O–H groups in total. The molecule has 0 saturated heterocycles. The van der Waals surface area contributed by atoms with Crippen LogP contribution in [0.2, 0.25) is 0 Å². The van der Waals surface area contributed by atoms with Crippen LogP contribution in [0, 0.1) is 0 Å². The highest BCUT2D eigenvalue weighted by Crippen LogP contribution is 2.02. The van der Waals surface area contributed by atoms with E-state index in [1.165, 1.54) is 5.56 Å². The van der Waals surface area contributed by atoms with E-state index in [-0.39, 0.29) is 5.91 Å². The van der Waals surface area contributed by atoms with Crippen LogP contribution in [-0.4, -0.2) is 12.5 Å². The highest BCUT2D eigenvalue weighted by molar-refractivity contribution is 5.94. The molecule has 0 aliphatic heterocycles. The van der Waals surface area contributed by atoms with Crippen molar-refractivity contribution in [3.8, 4) is 0 Å². The topological polar surface area (TPSA) is 29.1 Å². The van der Waals surface area contributed by atoms with E-state index in [1.54, 1.807) is 0 Å². The molecule has 0 spiro atoms. The Bertz CT molecular complexity index is 532. The fraction of sp³-hybridized carbons (Fsp3) is 0.118. The van der Waals surface area contributed by atoms with Gasteiger partial charge in [0, 0.05) is 12.1 Å². The summed E-state index contributed by atoms with van der Waals surface area (Å²) in [7, 11) is 0. The average molecular weight is 251 g/mol. The van der Waals surface area contributed by atoms with Crippen LogP contribution in [0.4, 0.5) is 0 Å². The molecule has 0 radical (unpaired) electrons. The fourth-order valence-electron chi connectivity index (χ4n) is 1.74. The van der Waals surface area contributed by atoms with Gasteiger partial charge in [0.2, 0.25) is 0 Å². The molecule has 0 heterocycles. The predicted molar refractivity (Wildman–Crippen MR) is 78.9 cm³/mol. The monoisotopic (exact) mass is 251 g/mol. The summed E-state index contributed by atoms with van der Waals surface area (Å²) in [6.07, 6.45) is 4.96. The Labute approximate surface area is 113 Å². The standard InChI is InChI=1S/C17H17NO/c19-17(16-12-5-2-6-13-16)18-14-8-7-11-15-9-3-1-4-10-15/h1-7,9-13H,8,14H2,(H,18,19)/b11-7+. The first-order chi connectivity index (χ1) is 9.36. The van der Waals surface area contributed by atoms with Crippen LogP contribution in [-0.2, 0) is 0 Å². The van der Waals surface area contributed by atoms with E-state index in [4.69, 9.17) is 0 Å². The molecular formula is C17H17NO. The van der Waals surface area contributed by atoms with Crippen molar-refractivity contribution in [3.63, 3.8) is 0 Å². The molecule has 2 aromatic rings. The maximum atomic E-state index is 11.7. The number of amides is 1. The first-order valence-electron chi connectivity index (χ1n) is 6.41. The maximum Gasteiger partial charge on any atom is 0.251 e. The van der Waals surface area contributed by atoms with Crippen molar-refractivity contribution in [1.82, 2.24) is 5.32 Å². The van der Waals surface area contributed by atoms with Crippen LogP contribution < -0.4 is 5.32 Å². The molecule has 0 fully saturated rings. The molecule has 0 bridgehead atoms. The molecule has 0 aliphatic rings. The fourth-order valence-corrected chi connectivity index (χ4v) is 1.74. The summed E-state index contributed by atoms with van der Waals surface area (Å²) in [4.78, 5) is 11.7. The van der Waals surface area contributed by atoms with Crippen LogP contribution in [0.15, 0.2) is 66.7 Å². The highest BCUT2D eigenvalue weighted by atomic mass is 16.1. The minimum Gasteiger partial charge on any atom is -0.352 e. The molecule has 2 aromatic carbocycles. The number of benzene rings is 2. The Kier molecular flexibility index (Phi) is 4.94. The third-order valence-corrected chi connectivity index (χ3v) is 2.74. The smallest absolute Gasteiger partial charge is 0.251 e. The van der Waals surface area contributed by atoms with Gasteiger partial charge in [-0.3, -0.25) is 4.79 Å². The Morgan fingerprint density at radius 2 is 1.58 bits per heavy atom. The molecule has 2 nitrogen and oxygen atoms in total. The van der Waals surface area contributed by atoms with Crippen LogP contribution in [0.5, 0.6) is 0 Å². The molecule has 0 aliphatic carbocycles. The minimum atomic E-state index is -0.0197. The first kappa shape index (κ1) is 13.1. The third kappa shape index (κ3) is 4.43. The molecule has 2 heteroatoms. The highest BCUT2D eigenvalue weighted by Gasteiger charge is 2.01. The Morgan fingerprint density at radius 3 is 2.26 bits per heavy atom. The van der Waals surface area contributed by atoms with E-state index >= 15 is 0 Å². The number of hydrogen-bond acceptors (Lipinski definition) is 1. The molecule has 2 rings (SSSR count). The summed E-state index contributed by atoms with van der Waals surface area (Å²) < 4.78 is 0. The number of carbonyl (C=O) groups is 1. The molecule has 96 valence electrons. The molecule has 0 atom stereocenters. The number of carbonyl (C=O) groups excluding carboxylic acids is 1. The lowest BCUT2D eigenvalue weighted by Gasteiger charge is -2.02. The third-order valence-electron chi connectivity index (χ3n) is 2.74. The van der Waals surface area contributed by atoms with Gasteiger partial charge >= 0.3 is 0 Å². The van der Waals surface area contributed by atoms with Gasteiger partial charge in [0.05, 0.1) is 0 Å². The lowest BCUT2D eigenvalue weighted by atomic mass is 10.2. The van der Waals surface area contributed by atoms with Gasteiger partial charge in [0.1, 0.15) is 0 Å². The zero-order valence-corrected chi connectivity index (χ0v) is 10.8. The van der Waals surface area contributed by atoms with Crippen molar-refractivity contribution in [2.75, 3.05) is 6.54 Å². The molecular weight excluding hydrogens is 234 g/mol. The zero-order valence-electron chi connectivity index (χ0n) is 10.8. The lowest BCUT2D eigenvalue weighted by Crippen LogP contribution is -2.23. The number of nitrogens with one attached hydrogen (secondary N) is 1. The quantitative estimate of drug-likeness (QED) is 0.809. The molecule has 0 unspecified atom stereocenters. The van der Waals surface area contributed by atoms with Crippen molar-refractivity contribution >= 4 is 12.0 Å². The predicted octanol–water partition coefficient (Wildman–Crippen LogP) is 3.52. The number of hydrogen-bond donors (Lipinski definition) is 1. The molecule has 19 heavy (non-hydrogen) atoms. The maximum absolute atomic E-state index is 11.7.